The number of carbonyl (C=O) groups excluding carboxylic acids is 2. The quantitative estimate of drug-likeness (QED) is 0.798. The Labute approximate surface area is 117 Å². The summed E-state index contributed by atoms with van der Waals surface area (Å²) in [6.45, 7) is 0.162. The van der Waals surface area contributed by atoms with Crippen LogP contribution in [0.4, 0.5) is 0 Å². The van der Waals surface area contributed by atoms with Crippen LogP contribution in [-0.4, -0.2) is 28.1 Å². The van der Waals surface area contributed by atoms with E-state index >= 15 is 0 Å². The molecule has 1 unspecified atom stereocenters. The molecular weight excluding hydrogens is 252 g/mol. The average Bonchev–Trinajstić information content (AvgIpc) is 2.80. The van der Waals surface area contributed by atoms with Crippen molar-refractivity contribution in [1.82, 2.24) is 9.88 Å². The topological polar surface area (TPSA) is 50.3 Å². The van der Waals surface area contributed by atoms with Crippen molar-refractivity contribution in [2.24, 2.45) is 0 Å². The molecule has 1 atom stereocenters. The van der Waals surface area contributed by atoms with E-state index in [0.29, 0.717) is 0 Å². The molecule has 1 amide bonds. The van der Waals surface area contributed by atoms with Crippen molar-refractivity contribution < 1.29 is 9.59 Å². The van der Waals surface area contributed by atoms with E-state index in [2.05, 4.69) is 4.98 Å². The summed E-state index contributed by atoms with van der Waals surface area (Å²) in [5.41, 5.74) is 1.75. The number of Topliss-reactive ketones (excluding diaryl/α,β-unsaturated/α-hetero) is 1. The zero-order valence-electron chi connectivity index (χ0n) is 10.9. The fourth-order valence-corrected chi connectivity index (χ4v) is 2.52. The molecule has 0 N–H and O–H groups in total. The SMILES string of the molecule is O=C1CC(=O)N(C(c2ccccc2)c2ccccn2)C1. The van der Waals surface area contributed by atoms with Gasteiger partial charge in [0.05, 0.1) is 24.7 Å². The number of hydrogen-bond donors (Lipinski definition) is 0. The molecule has 0 aliphatic carbocycles. The number of amides is 1. The van der Waals surface area contributed by atoms with Gasteiger partial charge in [0.1, 0.15) is 0 Å². The molecule has 20 heavy (non-hydrogen) atoms. The fraction of sp³-hybridized carbons (Fsp3) is 0.188. The number of aromatic nitrogens is 1. The number of pyridine rings is 1. The van der Waals surface area contributed by atoms with Crippen molar-refractivity contribution in [3.05, 3.63) is 66.0 Å². The summed E-state index contributed by atoms with van der Waals surface area (Å²) in [6.07, 6.45) is 1.70. The highest BCUT2D eigenvalue weighted by molar-refractivity contribution is 6.05. The molecule has 2 heterocycles. The van der Waals surface area contributed by atoms with Crippen LogP contribution < -0.4 is 0 Å². The number of ketones is 1. The van der Waals surface area contributed by atoms with E-state index < -0.39 is 0 Å². The molecule has 2 aromatic rings. The Morgan fingerprint density at radius 3 is 2.35 bits per heavy atom. The number of carbonyl (C=O) groups is 2. The summed E-state index contributed by atoms with van der Waals surface area (Å²) < 4.78 is 0. The number of benzene rings is 1. The van der Waals surface area contributed by atoms with E-state index in [4.69, 9.17) is 0 Å². The minimum Gasteiger partial charge on any atom is -0.322 e. The third kappa shape index (κ3) is 2.32. The number of hydrogen-bond acceptors (Lipinski definition) is 3. The summed E-state index contributed by atoms with van der Waals surface area (Å²) >= 11 is 0. The first-order chi connectivity index (χ1) is 9.75. The Morgan fingerprint density at radius 1 is 1.00 bits per heavy atom. The highest BCUT2D eigenvalue weighted by atomic mass is 16.2. The van der Waals surface area contributed by atoms with Crippen LogP contribution >= 0.6 is 0 Å². The Bertz CT molecular complexity index is 586. The predicted octanol–water partition coefficient (Wildman–Crippen LogP) is 1.97. The molecule has 3 rings (SSSR count). The summed E-state index contributed by atoms with van der Waals surface area (Å²) in [5, 5.41) is 0. The molecule has 0 spiro atoms. The highest BCUT2D eigenvalue weighted by Crippen LogP contribution is 2.29. The van der Waals surface area contributed by atoms with Crippen molar-refractivity contribution in [3.8, 4) is 0 Å². The van der Waals surface area contributed by atoms with Crippen LogP contribution in [0.15, 0.2) is 54.7 Å². The van der Waals surface area contributed by atoms with Crippen LogP contribution in [0.1, 0.15) is 23.7 Å². The lowest BCUT2D eigenvalue weighted by molar-refractivity contribution is -0.129. The average molecular weight is 266 g/mol. The van der Waals surface area contributed by atoms with E-state index in [1.54, 1.807) is 11.1 Å². The molecule has 0 saturated carbocycles. The largest absolute Gasteiger partial charge is 0.322 e. The second kappa shape index (κ2) is 5.25. The maximum Gasteiger partial charge on any atom is 0.231 e. The third-order valence-corrected chi connectivity index (χ3v) is 3.41. The maximum absolute atomic E-state index is 12.1. The molecule has 1 aliphatic heterocycles. The summed E-state index contributed by atoms with van der Waals surface area (Å²) in [6, 6.07) is 15.0. The molecule has 100 valence electrons. The lowest BCUT2D eigenvalue weighted by atomic mass is 10.0. The predicted molar refractivity (Wildman–Crippen MR) is 73.9 cm³/mol. The van der Waals surface area contributed by atoms with Gasteiger partial charge in [0, 0.05) is 6.20 Å². The van der Waals surface area contributed by atoms with Gasteiger partial charge in [0.25, 0.3) is 0 Å². The molecule has 0 bridgehead atoms. The van der Waals surface area contributed by atoms with Crippen molar-refractivity contribution >= 4 is 11.7 Å². The number of rotatable bonds is 3. The minimum atomic E-state index is -0.295. The van der Waals surface area contributed by atoms with Gasteiger partial charge in [-0.1, -0.05) is 36.4 Å². The van der Waals surface area contributed by atoms with Crippen molar-refractivity contribution in [2.45, 2.75) is 12.5 Å². The van der Waals surface area contributed by atoms with Gasteiger partial charge in [-0.05, 0) is 17.7 Å². The monoisotopic (exact) mass is 266 g/mol. The molecule has 1 aromatic carbocycles. The van der Waals surface area contributed by atoms with Gasteiger partial charge in [-0.3, -0.25) is 14.6 Å². The molecule has 1 fully saturated rings. The highest BCUT2D eigenvalue weighted by Gasteiger charge is 2.35. The van der Waals surface area contributed by atoms with Crippen LogP contribution in [0.5, 0.6) is 0 Å². The van der Waals surface area contributed by atoms with E-state index in [0.717, 1.165) is 11.3 Å². The van der Waals surface area contributed by atoms with Gasteiger partial charge in [-0.15, -0.1) is 0 Å². The van der Waals surface area contributed by atoms with Crippen LogP contribution in [0, 0.1) is 0 Å². The lowest BCUT2D eigenvalue weighted by Gasteiger charge is -2.27. The molecule has 1 aliphatic rings. The van der Waals surface area contributed by atoms with Gasteiger partial charge in [0.2, 0.25) is 5.91 Å². The normalized spacial score (nSPS) is 16.5. The first-order valence-electron chi connectivity index (χ1n) is 6.53. The number of nitrogens with zero attached hydrogens (tertiary/aromatic N) is 2. The van der Waals surface area contributed by atoms with Gasteiger partial charge >= 0.3 is 0 Å². The fourth-order valence-electron chi connectivity index (χ4n) is 2.52. The Hall–Kier alpha value is -2.49. The van der Waals surface area contributed by atoms with Gasteiger partial charge < -0.3 is 4.90 Å². The van der Waals surface area contributed by atoms with E-state index in [1.165, 1.54) is 0 Å². The smallest absolute Gasteiger partial charge is 0.231 e. The van der Waals surface area contributed by atoms with Crippen LogP contribution in [0.25, 0.3) is 0 Å². The Balaban J connectivity index is 2.05. The van der Waals surface area contributed by atoms with Gasteiger partial charge in [0.15, 0.2) is 5.78 Å². The zero-order chi connectivity index (χ0) is 13.9. The molecule has 0 radical (unpaired) electrons. The number of likely N-dealkylation sites (tertiary alicyclic amines) is 1. The van der Waals surface area contributed by atoms with Crippen LogP contribution in [0.2, 0.25) is 0 Å². The summed E-state index contributed by atoms with van der Waals surface area (Å²) in [4.78, 5) is 29.6. The Morgan fingerprint density at radius 2 is 1.75 bits per heavy atom. The lowest BCUT2D eigenvalue weighted by Crippen LogP contribution is -2.31. The van der Waals surface area contributed by atoms with Crippen molar-refractivity contribution in [1.29, 1.82) is 0 Å². The van der Waals surface area contributed by atoms with Crippen molar-refractivity contribution in [3.63, 3.8) is 0 Å². The van der Waals surface area contributed by atoms with Crippen LogP contribution in [0.3, 0.4) is 0 Å². The molecular formula is C16H14N2O2. The van der Waals surface area contributed by atoms with Gasteiger partial charge in [-0.25, -0.2) is 0 Å². The summed E-state index contributed by atoms with van der Waals surface area (Å²) in [7, 11) is 0. The van der Waals surface area contributed by atoms with Crippen LogP contribution in [-0.2, 0) is 9.59 Å². The van der Waals surface area contributed by atoms with E-state index in [1.807, 2.05) is 48.5 Å². The second-order valence-corrected chi connectivity index (χ2v) is 4.80. The van der Waals surface area contributed by atoms with E-state index in [9.17, 15) is 9.59 Å². The second-order valence-electron chi connectivity index (χ2n) is 4.80. The third-order valence-electron chi connectivity index (χ3n) is 3.41. The Kier molecular flexibility index (Phi) is 3.29. The molecule has 4 nitrogen and oxygen atoms in total. The first-order valence-corrected chi connectivity index (χ1v) is 6.53. The van der Waals surface area contributed by atoms with E-state index in [-0.39, 0.29) is 30.7 Å². The zero-order valence-corrected chi connectivity index (χ0v) is 10.9. The van der Waals surface area contributed by atoms with Gasteiger partial charge in [-0.2, -0.15) is 0 Å². The van der Waals surface area contributed by atoms with Crippen molar-refractivity contribution in [2.75, 3.05) is 6.54 Å². The standard InChI is InChI=1S/C16H14N2O2/c19-13-10-15(20)18(11-13)16(12-6-2-1-3-7-12)14-8-4-5-9-17-14/h1-9,16H,10-11H2. The minimum absolute atomic E-state index is 0.00380. The first kappa shape index (κ1) is 12.5. The maximum atomic E-state index is 12.1. The molecule has 4 heteroatoms. The summed E-state index contributed by atoms with van der Waals surface area (Å²) in [5.74, 6) is -0.165. The molecule has 1 aromatic heterocycles. The molecule has 1 saturated heterocycles.